The van der Waals surface area contributed by atoms with Gasteiger partial charge in [0.15, 0.2) is 5.78 Å². The molecule has 0 atom stereocenters. The summed E-state index contributed by atoms with van der Waals surface area (Å²) in [4.78, 5) is 12.0. The topological polar surface area (TPSA) is 56.0 Å². The van der Waals surface area contributed by atoms with Crippen molar-refractivity contribution in [3.63, 3.8) is 0 Å². The fourth-order valence-corrected chi connectivity index (χ4v) is 2.61. The number of halogens is 2. The van der Waals surface area contributed by atoms with Gasteiger partial charge in [-0.25, -0.2) is 4.39 Å². The zero-order valence-electron chi connectivity index (χ0n) is 11.7. The zero-order valence-corrected chi connectivity index (χ0v) is 13.3. The molecule has 1 aromatic heterocycles. The number of thioether (sulfide) groups is 1. The Balaban J connectivity index is 1.64. The summed E-state index contributed by atoms with van der Waals surface area (Å²) in [6.07, 6.45) is 0. The second-order valence-electron chi connectivity index (χ2n) is 4.60. The summed E-state index contributed by atoms with van der Waals surface area (Å²) in [5, 5.41) is 8.63. The van der Waals surface area contributed by atoms with E-state index in [0.717, 1.165) is 11.8 Å². The first-order valence-electron chi connectivity index (χ1n) is 6.63. The minimum absolute atomic E-state index is 0.0619. The van der Waals surface area contributed by atoms with Gasteiger partial charge in [-0.05, 0) is 48.5 Å². The van der Waals surface area contributed by atoms with Crippen molar-refractivity contribution in [2.45, 2.75) is 5.22 Å². The number of carbonyl (C=O) groups is 1. The molecule has 0 N–H and O–H groups in total. The van der Waals surface area contributed by atoms with Crippen LogP contribution in [-0.2, 0) is 0 Å². The highest BCUT2D eigenvalue weighted by atomic mass is 35.5. The summed E-state index contributed by atoms with van der Waals surface area (Å²) >= 11 is 6.94. The number of Topliss-reactive ketones (excluding diaryl/α,β-unsaturated/α-hetero) is 1. The van der Waals surface area contributed by atoms with Crippen LogP contribution in [-0.4, -0.2) is 21.7 Å². The van der Waals surface area contributed by atoms with E-state index in [-0.39, 0.29) is 28.5 Å². The molecule has 0 spiro atoms. The Hall–Kier alpha value is -2.18. The highest BCUT2D eigenvalue weighted by Crippen LogP contribution is 2.24. The summed E-state index contributed by atoms with van der Waals surface area (Å²) in [6, 6.07) is 12.4. The van der Waals surface area contributed by atoms with E-state index in [1.165, 1.54) is 12.1 Å². The number of aromatic nitrogens is 2. The van der Waals surface area contributed by atoms with Gasteiger partial charge in [-0.1, -0.05) is 23.4 Å². The lowest BCUT2D eigenvalue weighted by atomic mass is 10.1. The molecule has 0 aliphatic rings. The molecule has 0 saturated carbocycles. The summed E-state index contributed by atoms with van der Waals surface area (Å²) in [5.41, 5.74) is 1.19. The van der Waals surface area contributed by atoms with Gasteiger partial charge in [0, 0.05) is 16.1 Å². The molecule has 0 amide bonds. The average molecular weight is 349 g/mol. The lowest BCUT2D eigenvalue weighted by Crippen LogP contribution is -2.01. The second kappa shape index (κ2) is 6.93. The predicted molar refractivity (Wildman–Crippen MR) is 86.2 cm³/mol. The lowest BCUT2D eigenvalue weighted by Gasteiger charge is -1.99. The maximum absolute atomic E-state index is 12.9. The number of hydrogen-bond donors (Lipinski definition) is 0. The van der Waals surface area contributed by atoms with Crippen LogP contribution in [0.3, 0.4) is 0 Å². The molecule has 3 aromatic rings. The molecule has 1 heterocycles. The second-order valence-corrected chi connectivity index (χ2v) is 5.96. The van der Waals surface area contributed by atoms with Gasteiger partial charge in [0.1, 0.15) is 5.82 Å². The Morgan fingerprint density at radius 1 is 1.09 bits per heavy atom. The zero-order chi connectivity index (χ0) is 16.2. The maximum atomic E-state index is 12.9. The van der Waals surface area contributed by atoms with E-state index in [4.69, 9.17) is 16.0 Å². The third-order valence-electron chi connectivity index (χ3n) is 2.99. The van der Waals surface area contributed by atoms with Crippen molar-refractivity contribution in [1.82, 2.24) is 10.2 Å². The van der Waals surface area contributed by atoms with Gasteiger partial charge >= 0.3 is 0 Å². The Bertz CT molecular complexity index is 819. The van der Waals surface area contributed by atoms with E-state index in [9.17, 15) is 9.18 Å². The molecule has 0 unspecified atom stereocenters. The SMILES string of the molecule is O=C(CSc1nnc(-c2ccc(F)cc2)o1)c1ccc(Cl)cc1. The van der Waals surface area contributed by atoms with Crippen LogP contribution in [0.25, 0.3) is 11.5 Å². The van der Waals surface area contributed by atoms with Gasteiger partial charge in [-0.15, -0.1) is 10.2 Å². The number of hydrogen-bond acceptors (Lipinski definition) is 5. The molecule has 4 nitrogen and oxygen atoms in total. The number of ketones is 1. The lowest BCUT2D eigenvalue weighted by molar-refractivity contribution is 0.102. The molecule has 23 heavy (non-hydrogen) atoms. The maximum Gasteiger partial charge on any atom is 0.277 e. The number of benzene rings is 2. The third kappa shape index (κ3) is 3.97. The molecule has 116 valence electrons. The summed E-state index contributed by atoms with van der Waals surface area (Å²) in [7, 11) is 0. The molecular weight excluding hydrogens is 339 g/mol. The normalized spacial score (nSPS) is 10.7. The summed E-state index contributed by atoms with van der Waals surface area (Å²) in [5.74, 6) is 0.0585. The monoisotopic (exact) mass is 348 g/mol. The van der Waals surface area contributed by atoms with Gasteiger partial charge in [-0.2, -0.15) is 0 Å². The first kappa shape index (κ1) is 15.7. The molecule has 0 radical (unpaired) electrons. The van der Waals surface area contributed by atoms with E-state index >= 15 is 0 Å². The largest absolute Gasteiger partial charge is 0.411 e. The minimum Gasteiger partial charge on any atom is -0.411 e. The summed E-state index contributed by atoms with van der Waals surface area (Å²) < 4.78 is 18.3. The van der Waals surface area contributed by atoms with E-state index < -0.39 is 0 Å². The molecule has 0 aliphatic carbocycles. The van der Waals surface area contributed by atoms with Crippen molar-refractivity contribution in [2.75, 3.05) is 5.75 Å². The number of carbonyl (C=O) groups excluding carboxylic acids is 1. The Morgan fingerprint density at radius 2 is 1.78 bits per heavy atom. The number of rotatable bonds is 5. The molecule has 2 aromatic carbocycles. The van der Waals surface area contributed by atoms with Crippen LogP contribution in [0, 0.1) is 5.82 Å². The van der Waals surface area contributed by atoms with Crippen LogP contribution in [0.1, 0.15) is 10.4 Å². The van der Waals surface area contributed by atoms with Gasteiger partial charge in [0.25, 0.3) is 5.22 Å². The molecule has 0 saturated heterocycles. The highest BCUT2D eigenvalue weighted by Gasteiger charge is 2.12. The van der Waals surface area contributed by atoms with Crippen LogP contribution >= 0.6 is 23.4 Å². The van der Waals surface area contributed by atoms with Crippen LogP contribution in [0.15, 0.2) is 58.2 Å². The van der Waals surface area contributed by atoms with Crippen molar-refractivity contribution in [1.29, 1.82) is 0 Å². The van der Waals surface area contributed by atoms with Crippen molar-refractivity contribution in [3.8, 4) is 11.5 Å². The van der Waals surface area contributed by atoms with Gasteiger partial charge in [-0.3, -0.25) is 4.79 Å². The van der Waals surface area contributed by atoms with Crippen molar-refractivity contribution in [2.24, 2.45) is 0 Å². The minimum atomic E-state index is -0.337. The Kier molecular flexibility index (Phi) is 4.73. The van der Waals surface area contributed by atoms with Crippen LogP contribution in [0.2, 0.25) is 5.02 Å². The van der Waals surface area contributed by atoms with Gasteiger partial charge in [0.05, 0.1) is 5.75 Å². The van der Waals surface area contributed by atoms with Crippen LogP contribution in [0.5, 0.6) is 0 Å². The fourth-order valence-electron chi connectivity index (χ4n) is 1.82. The van der Waals surface area contributed by atoms with E-state index in [1.807, 2.05) is 0 Å². The molecule has 0 aliphatic heterocycles. The first-order chi connectivity index (χ1) is 11.1. The number of nitrogens with zero attached hydrogens (tertiary/aromatic N) is 2. The quantitative estimate of drug-likeness (QED) is 0.501. The third-order valence-corrected chi connectivity index (χ3v) is 4.06. The van der Waals surface area contributed by atoms with E-state index in [0.29, 0.717) is 16.1 Å². The molecule has 3 rings (SSSR count). The van der Waals surface area contributed by atoms with Crippen LogP contribution in [0.4, 0.5) is 4.39 Å². The van der Waals surface area contributed by atoms with Gasteiger partial charge < -0.3 is 4.42 Å². The standard InChI is InChI=1S/C16H10ClFN2O2S/c17-12-5-1-10(2-6-12)14(21)9-23-16-20-19-15(22-16)11-3-7-13(18)8-4-11/h1-8H,9H2. The van der Waals surface area contributed by atoms with Crippen molar-refractivity contribution < 1.29 is 13.6 Å². The molecule has 0 fully saturated rings. The van der Waals surface area contributed by atoms with E-state index in [2.05, 4.69) is 10.2 Å². The highest BCUT2D eigenvalue weighted by molar-refractivity contribution is 7.99. The Morgan fingerprint density at radius 3 is 2.48 bits per heavy atom. The smallest absolute Gasteiger partial charge is 0.277 e. The molecule has 7 heteroatoms. The van der Waals surface area contributed by atoms with Crippen molar-refractivity contribution in [3.05, 3.63) is 64.9 Å². The average Bonchev–Trinajstić information content (AvgIpc) is 3.03. The van der Waals surface area contributed by atoms with Gasteiger partial charge in [0.2, 0.25) is 5.89 Å². The molecule has 0 bridgehead atoms. The first-order valence-corrected chi connectivity index (χ1v) is 7.99. The summed E-state index contributed by atoms with van der Waals surface area (Å²) in [6.45, 7) is 0. The predicted octanol–water partition coefficient (Wildman–Crippen LogP) is 4.50. The van der Waals surface area contributed by atoms with E-state index in [1.54, 1.807) is 36.4 Å². The Labute approximate surface area is 140 Å². The fraction of sp³-hybridized carbons (Fsp3) is 0.0625. The van der Waals surface area contributed by atoms with Crippen molar-refractivity contribution >= 4 is 29.1 Å². The molecular formula is C16H10ClFN2O2S. The van der Waals surface area contributed by atoms with Crippen LogP contribution < -0.4 is 0 Å².